The largest absolute Gasteiger partial charge is 0.744 e. The SMILES string of the molecule is Cn1[nH]c(=[N+]([O-])[O-])nc1N1C[C@@H]2C[C@@H](C1)c1cccc(=O)n1C2. The lowest BCUT2D eigenvalue weighted by Crippen LogP contribution is -2.47. The molecule has 122 valence electrons. The van der Waals surface area contributed by atoms with Gasteiger partial charge in [-0.05, 0) is 23.4 Å². The molecule has 9 nitrogen and oxygen atoms in total. The Labute approximate surface area is 131 Å². The third kappa shape index (κ3) is 2.19. The van der Waals surface area contributed by atoms with E-state index in [0.29, 0.717) is 25.0 Å². The highest BCUT2D eigenvalue weighted by Gasteiger charge is 2.36. The molecule has 2 aliphatic rings. The quantitative estimate of drug-likeness (QED) is 0.700. The van der Waals surface area contributed by atoms with Crippen molar-refractivity contribution < 1.29 is 0 Å². The maximum atomic E-state index is 12.0. The minimum Gasteiger partial charge on any atom is -0.744 e. The second-order valence-electron chi connectivity index (χ2n) is 6.27. The molecular weight excluding hydrogens is 300 g/mol. The van der Waals surface area contributed by atoms with E-state index < -0.39 is 4.90 Å². The number of pyridine rings is 1. The van der Waals surface area contributed by atoms with Gasteiger partial charge in [-0.3, -0.25) is 9.70 Å². The maximum Gasteiger partial charge on any atom is 0.413 e. The predicted molar refractivity (Wildman–Crippen MR) is 83.3 cm³/mol. The van der Waals surface area contributed by atoms with E-state index in [1.54, 1.807) is 23.9 Å². The molecule has 1 N–H and O–H groups in total. The summed E-state index contributed by atoms with van der Waals surface area (Å²) in [7, 11) is 1.72. The Balaban J connectivity index is 1.72. The summed E-state index contributed by atoms with van der Waals surface area (Å²) in [5, 5.41) is 24.4. The van der Waals surface area contributed by atoms with Crippen molar-refractivity contribution in [2.75, 3.05) is 18.0 Å². The van der Waals surface area contributed by atoms with Crippen LogP contribution in [-0.2, 0) is 13.6 Å². The third-order valence-electron chi connectivity index (χ3n) is 4.71. The summed E-state index contributed by atoms with van der Waals surface area (Å²) in [6.07, 6.45) is 1.04. The highest BCUT2D eigenvalue weighted by Crippen LogP contribution is 2.35. The molecule has 4 heterocycles. The first-order valence-corrected chi connectivity index (χ1v) is 7.58. The van der Waals surface area contributed by atoms with E-state index >= 15 is 0 Å². The van der Waals surface area contributed by atoms with E-state index in [9.17, 15) is 15.2 Å². The number of aromatic nitrogens is 4. The van der Waals surface area contributed by atoms with Crippen molar-refractivity contribution in [1.29, 1.82) is 0 Å². The van der Waals surface area contributed by atoms with Gasteiger partial charge in [0, 0.05) is 44.4 Å². The molecular formula is C14H17N6O3-. The van der Waals surface area contributed by atoms with Crippen LogP contribution in [-0.4, -0.2) is 32.4 Å². The lowest BCUT2D eigenvalue weighted by Gasteiger charge is -2.42. The van der Waals surface area contributed by atoms with Gasteiger partial charge in [-0.15, -0.1) is 0 Å². The number of piperidine rings is 1. The van der Waals surface area contributed by atoms with Crippen LogP contribution >= 0.6 is 0 Å². The Morgan fingerprint density at radius 3 is 2.87 bits per heavy atom. The van der Waals surface area contributed by atoms with Gasteiger partial charge in [0.1, 0.15) is 0 Å². The molecule has 23 heavy (non-hydrogen) atoms. The average molecular weight is 317 g/mol. The first-order valence-electron chi connectivity index (χ1n) is 7.58. The normalized spacial score (nSPS) is 22.7. The smallest absolute Gasteiger partial charge is 0.413 e. The molecule has 9 heteroatoms. The molecule has 2 aliphatic heterocycles. The molecule has 0 saturated carbocycles. The van der Waals surface area contributed by atoms with Crippen LogP contribution in [0.2, 0.25) is 0 Å². The number of fused-ring (bicyclic) bond motifs is 4. The Bertz CT molecular complexity index is 875. The zero-order valence-corrected chi connectivity index (χ0v) is 12.7. The van der Waals surface area contributed by atoms with E-state index in [1.807, 2.05) is 10.6 Å². The number of rotatable bonds is 1. The Kier molecular flexibility index (Phi) is 2.97. The molecule has 2 bridgehead atoms. The van der Waals surface area contributed by atoms with Crippen molar-refractivity contribution in [3.05, 3.63) is 50.3 Å². The maximum absolute atomic E-state index is 12.0. The van der Waals surface area contributed by atoms with Crippen molar-refractivity contribution in [3.63, 3.8) is 0 Å². The highest BCUT2D eigenvalue weighted by molar-refractivity contribution is 5.33. The summed E-state index contributed by atoms with van der Waals surface area (Å²) in [5.41, 5.74) is 0.840. The molecule has 0 amide bonds. The molecule has 2 atom stereocenters. The molecule has 0 unspecified atom stereocenters. The summed E-state index contributed by atoms with van der Waals surface area (Å²) in [5.74, 6) is 1.15. The van der Waals surface area contributed by atoms with Crippen LogP contribution in [0, 0.1) is 16.3 Å². The lowest BCUT2D eigenvalue weighted by molar-refractivity contribution is 0.278. The molecule has 1 fully saturated rings. The number of anilines is 1. The number of H-pyrrole nitrogens is 1. The van der Waals surface area contributed by atoms with Crippen LogP contribution in [0.15, 0.2) is 23.0 Å². The van der Waals surface area contributed by atoms with E-state index in [1.165, 1.54) is 0 Å². The first-order chi connectivity index (χ1) is 11.0. The predicted octanol–water partition coefficient (Wildman–Crippen LogP) is -0.699. The van der Waals surface area contributed by atoms with E-state index in [4.69, 9.17) is 0 Å². The molecule has 2 aromatic heterocycles. The van der Waals surface area contributed by atoms with Gasteiger partial charge in [-0.2, -0.15) is 9.78 Å². The standard InChI is InChI=1S/C14H17N6O3/c1-17-14(15-13(16-17)20(22)23)18-6-9-5-10(8-18)11-3-2-4-12(21)19(11)7-9/h2-4,9-10,16H,5-8H2,1H3/q-1/t9-,10-/m0/s1. The summed E-state index contributed by atoms with van der Waals surface area (Å²) in [4.78, 5) is 17.7. The third-order valence-corrected chi connectivity index (χ3v) is 4.71. The average Bonchev–Trinajstić information content (AvgIpc) is 2.90. The Hall–Kier alpha value is -2.71. The number of aryl methyl sites for hydroxylation is 1. The molecule has 0 spiro atoms. The van der Waals surface area contributed by atoms with Gasteiger partial charge >= 0.3 is 11.6 Å². The zero-order valence-electron chi connectivity index (χ0n) is 12.7. The fraction of sp³-hybridized carbons (Fsp3) is 0.500. The van der Waals surface area contributed by atoms with Crippen molar-refractivity contribution in [2.24, 2.45) is 13.0 Å². The molecule has 0 aromatic carbocycles. The molecule has 0 radical (unpaired) electrons. The van der Waals surface area contributed by atoms with Gasteiger partial charge in [0.15, 0.2) is 0 Å². The molecule has 1 saturated heterocycles. The summed E-state index contributed by atoms with van der Waals surface area (Å²) in [6.45, 7) is 2.14. The van der Waals surface area contributed by atoms with Gasteiger partial charge < -0.3 is 19.9 Å². The second kappa shape index (κ2) is 4.90. The first kappa shape index (κ1) is 13.9. The number of hydrogen-bond acceptors (Lipinski definition) is 5. The molecule has 2 aromatic rings. The fourth-order valence-electron chi connectivity index (χ4n) is 3.82. The van der Waals surface area contributed by atoms with E-state index in [0.717, 1.165) is 18.7 Å². The summed E-state index contributed by atoms with van der Waals surface area (Å²) in [6, 6.07) is 5.39. The van der Waals surface area contributed by atoms with Crippen molar-refractivity contribution in [2.45, 2.75) is 18.9 Å². The highest BCUT2D eigenvalue weighted by atomic mass is 16.8. The van der Waals surface area contributed by atoms with Crippen LogP contribution in [0.25, 0.3) is 0 Å². The Morgan fingerprint density at radius 2 is 2.13 bits per heavy atom. The van der Waals surface area contributed by atoms with Gasteiger partial charge in [0.05, 0.1) is 0 Å². The van der Waals surface area contributed by atoms with E-state index in [-0.39, 0.29) is 17.1 Å². The van der Waals surface area contributed by atoms with Crippen LogP contribution in [0.3, 0.4) is 0 Å². The fourth-order valence-corrected chi connectivity index (χ4v) is 3.82. The van der Waals surface area contributed by atoms with Crippen molar-refractivity contribution >= 4 is 5.95 Å². The number of nitrogens with zero attached hydrogens (tertiary/aromatic N) is 5. The van der Waals surface area contributed by atoms with Crippen LogP contribution in [0.5, 0.6) is 0 Å². The molecule has 0 aliphatic carbocycles. The Morgan fingerprint density at radius 1 is 1.30 bits per heavy atom. The topological polar surface area (TPSA) is 108 Å². The number of nitrogens with one attached hydrogen (secondary N) is 1. The lowest BCUT2D eigenvalue weighted by atomic mass is 9.83. The van der Waals surface area contributed by atoms with Crippen molar-refractivity contribution in [3.8, 4) is 0 Å². The van der Waals surface area contributed by atoms with Gasteiger partial charge in [-0.1, -0.05) is 6.07 Å². The minimum atomic E-state index is -0.525. The van der Waals surface area contributed by atoms with Gasteiger partial charge in [-0.25, -0.2) is 0 Å². The second-order valence-corrected chi connectivity index (χ2v) is 6.27. The monoisotopic (exact) mass is 317 g/mol. The van der Waals surface area contributed by atoms with E-state index in [2.05, 4.69) is 15.0 Å². The molecule has 4 rings (SSSR count). The van der Waals surface area contributed by atoms with Gasteiger partial charge in [0.2, 0.25) is 0 Å². The van der Waals surface area contributed by atoms with Crippen LogP contribution < -0.4 is 21.0 Å². The zero-order chi connectivity index (χ0) is 16.1. The number of hydrogen-bond donors (Lipinski definition) is 1. The summed E-state index contributed by atoms with van der Waals surface area (Å²) < 4.78 is 3.44. The minimum absolute atomic E-state index is 0.0478. The number of aromatic amines is 1. The summed E-state index contributed by atoms with van der Waals surface area (Å²) >= 11 is 0. The van der Waals surface area contributed by atoms with Gasteiger partial charge in [0.25, 0.3) is 5.56 Å². The van der Waals surface area contributed by atoms with Crippen molar-refractivity contribution in [1.82, 2.24) is 24.2 Å². The van der Waals surface area contributed by atoms with Crippen LogP contribution in [0.4, 0.5) is 5.95 Å². The van der Waals surface area contributed by atoms with Crippen LogP contribution in [0.1, 0.15) is 18.0 Å².